The summed E-state index contributed by atoms with van der Waals surface area (Å²) in [7, 11) is 0. The standard InChI is InChI=1S/C21H15N5O2/c1-13-4-2-6-16-17(13)8-18-19(16)20(27-15-10-23-12-24-11-15)26-21(25-18)28-14-5-3-7-22-9-14/h2-7,9-12H,8H2,1H3. The van der Waals surface area contributed by atoms with Crippen molar-refractivity contribution >= 4 is 0 Å². The predicted octanol–water partition coefficient (Wildman–Crippen LogP) is 4.13. The van der Waals surface area contributed by atoms with E-state index in [1.807, 2.05) is 6.07 Å². The van der Waals surface area contributed by atoms with Gasteiger partial charge < -0.3 is 9.47 Å². The van der Waals surface area contributed by atoms with Gasteiger partial charge >= 0.3 is 6.01 Å². The van der Waals surface area contributed by atoms with Crippen LogP contribution in [0.5, 0.6) is 23.4 Å². The molecule has 0 amide bonds. The lowest BCUT2D eigenvalue weighted by molar-refractivity contribution is 0.409. The average molecular weight is 369 g/mol. The maximum Gasteiger partial charge on any atom is 0.325 e. The highest BCUT2D eigenvalue weighted by molar-refractivity contribution is 5.80. The Hall–Kier alpha value is -3.87. The van der Waals surface area contributed by atoms with Gasteiger partial charge in [-0.05, 0) is 35.7 Å². The minimum Gasteiger partial charge on any atom is -0.435 e. The molecule has 0 spiro atoms. The summed E-state index contributed by atoms with van der Waals surface area (Å²) in [5.74, 6) is 1.48. The van der Waals surface area contributed by atoms with Crippen molar-refractivity contribution in [1.29, 1.82) is 0 Å². The number of aryl methyl sites for hydroxylation is 1. The zero-order chi connectivity index (χ0) is 18.9. The Labute approximate surface area is 161 Å². The van der Waals surface area contributed by atoms with Crippen molar-refractivity contribution in [3.05, 3.63) is 78.3 Å². The number of hydrogen-bond acceptors (Lipinski definition) is 7. The van der Waals surface area contributed by atoms with Crippen LogP contribution in [-0.4, -0.2) is 24.9 Å². The first kappa shape index (κ1) is 16.3. The van der Waals surface area contributed by atoms with Gasteiger partial charge in [0, 0.05) is 12.6 Å². The molecule has 0 N–H and O–H groups in total. The molecule has 0 atom stereocenters. The molecule has 136 valence electrons. The van der Waals surface area contributed by atoms with Crippen LogP contribution < -0.4 is 9.47 Å². The maximum atomic E-state index is 6.02. The molecule has 28 heavy (non-hydrogen) atoms. The van der Waals surface area contributed by atoms with Gasteiger partial charge in [-0.15, -0.1) is 0 Å². The third-order valence-corrected chi connectivity index (χ3v) is 4.55. The van der Waals surface area contributed by atoms with E-state index in [0.29, 0.717) is 23.8 Å². The van der Waals surface area contributed by atoms with Gasteiger partial charge in [0.2, 0.25) is 5.88 Å². The number of pyridine rings is 1. The van der Waals surface area contributed by atoms with Gasteiger partial charge in [-0.3, -0.25) is 4.98 Å². The third-order valence-electron chi connectivity index (χ3n) is 4.55. The number of nitrogens with zero attached hydrogens (tertiary/aromatic N) is 5. The molecule has 5 rings (SSSR count). The Kier molecular flexibility index (Phi) is 3.90. The second-order valence-corrected chi connectivity index (χ2v) is 6.38. The molecule has 0 unspecified atom stereocenters. The summed E-state index contributed by atoms with van der Waals surface area (Å²) in [4.78, 5) is 21.2. The lowest BCUT2D eigenvalue weighted by Gasteiger charge is -2.11. The minimum absolute atomic E-state index is 0.212. The fraction of sp³-hybridized carbons (Fsp3) is 0.0952. The molecule has 1 aliphatic rings. The van der Waals surface area contributed by atoms with E-state index in [2.05, 4.69) is 44.0 Å². The molecular formula is C21H15N5O2. The molecule has 0 aliphatic heterocycles. The van der Waals surface area contributed by atoms with Crippen LogP contribution in [0.15, 0.2) is 61.4 Å². The van der Waals surface area contributed by atoms with E-state index in [1.54, 1.807) is 36.9 Å². The van der Waals surface area contributed by atoms with Crippen LogP contribution >= 0.6 is 0 Å². The fourth-order valence-corrected chi connectivity index (χ4v) is 3.28. The van der Waals surface area contributed by atoms with E-state index in [0.717, 1.165) is 16.8 Å². The highest BCUT2D eigenvalue weighted by Crippen LogP contribution is 2.44. The zero-order valence-electron chi connectivity index (χ0n) is 15.0. The molecule has 7 heteroatoms. The smallest absolute Gasteiger partial charge is 0.325 e. The second-order valence-electron chi connectivity index (χ2n) is 6.38. The van der Waals surface area contributed by atoms with Gasteiger partial charge in [0.15, 0.2) is 5.75 Å². The van der Waals surface area contributed by atoms with Crippen LogP contribution in [0, 0.1) is 6.92 Å². The Balaban J connectivity index is 1.62. The molecule has 0 radical (unpaired) electrons. The van der Waals surface area contributed by atoms with Gasteiger partial charge in [0.1, 0.15) is 12.1 Å². The van der Waals surface area contributed by atoms with Crippen molar-refractivity contribution in [2.24, 2.45) is 0 Å². The summed E-state index contributed by atoms with van der Waals surface area (Å²) in [6.07, 6.45) is 8.63. The second kappa shape index (κ2) is 6.70. The van der Waals surface area contributed by atoms with Crippen molar-refractivity contribution < 1.29 is 9.47 Å². The summed E-state index contributed by atoms with van der Waals surface area (Å²) in [6.45, 7) is 2.09. The molecule has 1 aliphatic carbocycles. The SMILES string of the molecule is Cc1cccc2c1Cc1nc(Oc3cccnc3)nc(Oc3cncnc3)c1-2. The normalized spacial score (nSPS) is 11.6. The number of rotatable bonds is 4. The predicted molar refractivity (Wildman–Crippen MR) is 101 cm³/mol. The summed E-state index contributed by atoms with van der Waals surface area (Å²) in [6, 6.07) is 9.99. The van der Waals surface area contributed by atoms with Crippen LogP contribution in [0.25, 0.3) is 11.1 Å². The van der Waals surface area contributed by atoms with E-state index in [4.69, 9.17) is 9.47 Å². The Morgan fingerprint density at radius 3 is 2.54 bits per heavy atom. The summed E-state index contributed by atoms with van der Waals surface area (Å²) in [5, 5.41) is 0. The van der Waals surface area contributed by atoms with Crippen LogP contribution in [0.3, 0.4) is 0 Å². The number of ether oxygens (including phenoxy) is 2. The van der Waals surface area contributed by atoms with E-state index >= 15 is 0 Å². The molecule has 0 fully saturated rings. The number of hydrogen-bond donors (Lipinski definition) is 0. The fourth-order valence-electron chi connectivity index (χ4n) is 3.28. The number of aromatic nitrogens is 5. The van der Waals surface area contributed by atoms with Gasteiger partial charge in [0.05, 0.1) is 29.8 Å². The van der Waals surface area contributed by atoms with Crippen molar-refractivity contribution in [2.45, 2.75) is 13.3 Å². The van der Waals surface area contributed by atoms with E-state index < -0.39 is 0 Å². The number of fused-ring (bicyclic) bond motifs is 3. The molecule has 3 aromatic heterocycles. The van der Waals surface area contributed by atoms with Crippen LogP contribution in [0.4, 0.5) is 0 Å². The number of benzene rings is 1. The van der Waals surface area contributed by atoms with E-state index in [-0.39, 0.29) is 6.01 Å². The Bertz CT molecular complexity index is 1150. The largest absolute Gasteiger partial charge is 0.435 e. The Morgan fingerprint density at radius 2 is 1.71 bits per heavy atom. The average Bonchev–Trinajstić information content (AvgIpc) is 3.10. The van der Waals surface area contributed by atoms with Crippen LogP contribution in [-0.2, 0) is 6.42 Å². The summed E-state index contributed by atoms with van der Waals surface area (Å²) in [5.41, 5.74) is 5.25. The van der Waals surface area contributed by atoms with Crippen molar-refractivity contribution in [2.75, 3.05) is 0 Å². The van der Waals surface area contributed by atoms with Crippen molar-refractivity contribution in [3.63, 3.8) is 0 Å². The highest BCUT2D eigenvalue weighted by Gasteiger charge is 2.28. The minimum atomic E-state index is 0.212. The molecular weight excluding hydrogens is 354 g/mol. The maximum absolute atomic E-state index is 6.02. The van der Waals surface area contributed by atoms with Gasteiger partial charge in [0.25, 0.3) is 0 Å². The van der Waals surface area contributed by atoms with E-state index in [1.165, 1.54) is 17.5 Å². The lowest BCUT2D eigenvalue weighted by atomic mass is 10.0. The third kappa shape index (κ3) is 2.92. The Morgan fingerprint density at radius 1 is 0.857 bits per heavy atom. The van der Waals surface area contributed by atoms with Crippen molar-refractivity contribution in [3.8, 4) is 34.5 Å². The van der Waals surface area contributed by atoms with Crippen LogP contribution in [0.1, 0.15) is 16.8 Å². The quantitative estimate of drug-likeness (QED) is 0.471. The zero-order valence-corrected chi connectivity index (χ0v) is 15.0. The molecule has 7 nitrogen and oxygen atoms in total. The van der Waals surface area contributed by atoms with Gasteiger partial charge in [-0.1, -0.05) is 18.2 Å². The summed E-state index contributed by atoms with van der Waals surface area (Å²) < 4.78 is 11.8. The van der Waals surface area contributed by atoms with Gasteiger partial charge in [-0.25, -0.2) is 9.97 Å². The van der Waals surface area contributed by atoms with Crippen molar-refractivity contribution in [1.82, 2.24) is 24.9 Å². The lowest BCUT2D eigenvalue weighted by Crippen LogP contribution is -2.00. The summed E-state index contributed by atoms with van der Waals surface area (Å²) >= 11 is 0. The molecule has 1 aromatic carbocycles. The first-order chi connectivity index (χ1) is 13.8. The van der Waals surface area contributed by atoms with E-state index in [9.17, 15) is 0 Å². The molecule has 0 saturated carbocycles. The highest BCUT2D eigenvalue weighted by atomic mass is 16.5. The van der Waals surface area contributed by atoms with Crippen LogP contribution in [0.2, 0.25) is 0 Å². The van der Waals surface area contributed by atoms with Gasteiger partial charge in [-0.2, -0.15) is 9.97 Å². The molecule has 0 bridgehead atoms. The topological polar surface area (TPSA) is 82.9 Å². The monoisotopic (exact) mass is 369 g/mol. The first-order valence-corrected chi connectivity index (χ1v) is 8.78. The molecule has 3 heterocycles. The first-order valence-electron chi connectivity index (χ1n) is 8.78. The molecule has 0 saturated heterocycles. The molecule has 4 aromatic rings.